The Morgan fingerprint density at radius 1 is 1.11 bits per heavy atom. The van der Waals surface area contributed by atoms with E-state index >= 15 is 0 Å². The van der Waals surface area contributed by atoms with Gasteiger partial charge in [-0.25, -0.2) is 9.79 Å². The molecule has 0 amide bonds. The highest BCUT2D eigenvalue weighted by Gasteiger charge is 2.25. The molecule has 0 bridgehead atoms. The van der Waals surface area contributed by atoms with Crippen LogP contribution in [0.1, 0.15) is 29.2 Å². The first-order valence-corrected chi connectivity index (χ1v) is 11.8. The molecule has 0 N–H and O–H groups in total. The first kappa shape index (κ1) is 24.4. The van der Waals surface area contributed by atoms with Crippen LogP contribution in [0, 0.1) is 20.6 Å². The van der Waals surface area contributed by atoms with Gasteiger partial charge in [-0.3, -0.25) is 10.1 Å². The summed E-state index contributed by atoms with van der Waals surface area (Å²) in [6, 6.07) is 17.9. The molecule has 1 aliphatic heterocycles. The summed E-state index contributed by atoms with van der Waals surface area (Å²) in [6.45, 7) is 4.35. The van der Waals surface area contributed by atoms with E-state index in [4.69, 9.17) is 14.2 Å². The van der Waals surface area contributed by atoms with E-state index in [1.165, 1.54) is 12.1 Å². The lowest BCUT2D eigenvalue weighted by molar-refractivity contribution is -0.385. The number of nitro benzene ring substituents is 1. The summed E-state index contributed by atoms with van der Waals surface area (Å²) in [5.74, 6) is 0.678. The molecule has 0 fully saturated rings. The topological polar surface area (TPSA) is 100 Å². The van der Waals surface area contributed by atoms with Crippen molar-refractivity contribution in [3.63, 3.8) is 0 Å². The van der Waals surface area contributed by atoms with Crippen LogP contribution in [0.5, 0.6) is 11.5 Å². The number of hydrogen-bond acceptors (Lipinski definition) is 7. The van der Waals surface area contributed by atoms with Crippen molar-refractivity contribution >= 4 is 46.2 Å². The Balaban J connectivity index is 1.61. The van der Waals surface area contributed by atoms with Gasteiger partial charge in [-0.1, -0.05) is 30.3 Å². The van der Waals surface area contributed by atoms with E-state index in [0.717, 1.165) is 9.13 Å². The first-order valence-electron chi connectivity index (χ1n) is 10.8. The molecule has 178 valence electrons. The SMILES string of the molecule is CCOc1cc(/C=C2\N=C(c3ccc([N+](=O)[O-])c(C)c3)OC2=O)cc(I)c1OCc1ccccc1. The number of benzene rings is 3. The standard InChI is InChI=1S/C26H21IN2O6/c1-3-33-23-14-18(12-20(27)24(23)34-15-17-7-5-4-6-8-17)13-21-26(30)35-25(28-21)19-9-10-22(29(31)32)16(2)11-19/h4-14H,3,15H2,1-2H3/b21-13-. The minimum atomic E-state index is -0.603. The van der Waals surface area contributed by atoms with Crippen molar-refractivity contribution in [2.45, 2.75) is 20.5 Å². The average molecular weight is 584 g/mol. The zero-order valence-electron chi connectivity index (χ0n) is 19.0. The third-order valence-electron chi connectivity index (χ3n) is 5.12. The van der Waals surface area contributed by atoms with Gasteiger partial charge in [-0.2, -0.15) is 0 Å². The third-order valence-corrected chi connectivity index (χ3v) is 5.92. The predicted octanol–water partition coefficient (Wildman–Crippen LogP) is 5.83. The van der Waals surface area contributed by atoms with E-state index in [-0.39, 0.29) is 17.3 Å². The second-order valence-electron chi connectivity index (χ2n) is 7.63. The molecule has 1 heterocycles. The molecule has 0 spiro atoms. The van der Waals surface area contributed by atoms with Gasteiger partial charge in [0, 0.05) is 17.2 Å². The number of hydrogen-bond donors (Lipinski definition) is 0. The van der Waals surface area contributed by atoms with Crippen LogP contribution in [0.25, 0.3) is 6.08 Å². The van der Waals surface area contributed by atoms with Crippen LogP contribution in [0.2, 0.25) is 0 Å². The van der Waals surface area contributed by atoms with Crippen molar-refractivity contribution in [1.82, 2.24) is 0 Å². The van der Waals surface area contributed by atoms with E-state index in [1.54, 1.807) is 25.1 Å². The number of rotatable bonds is 8. The van der Waals surface area contributed by atoms with Crippen molar-refractivity contribution in [3.05, 3.63) is 102 Å². The third kappa shape index (κ3) is 5.68. The Morgan fingerprint density at radius 3 is 2.57 bits per heavy atom. The van der Waals surface area contributed by atoms with Crippen LogP contribution in [-0.2, 0) is 16.1 Å². The summed E-state index contributed by atoms with van der Waals surface area (Å²) in [4.78, 5) is 27.4. The number of cyclic esters (lactones) is 1. The second kappa shape index (κ2) is 10.7. The van der Waals surface area contributed by atoms with Gasteiger partial charge in [0.05, 0.1) is 15.1 Å². The van der Waals surface area contributed by atoms with Crippen molar-refractivity contribution in [2.75, 3.05) is 6.61 Å². The van der Waals surface area contributed by atoms with Crippen molar-refractivity contribution in [2.24, 2.45) is 4.99 Å². The Kier molecular flexibility index (Phi) is 7.45. The lowest BCUT2D eigenvalue weighted by Gasteiger charge is -2.15. The lowest BCUT2D eigenvalue weighted by atomic mass is 10.1. The number of ether oxygens (including phenoxy) is 3. The number of nitro groups is 1. The van der Waals surface area contributed by atoms with Gasteiger partial charge in [0.1, 0.15) is 6.61 Å². The quantitative estimate of drug-likeness (QED) is 0.109. The molecular weight excluding hydrogens is 563 g/mol. The van der Waals surface area contributed by atoms with Crippen LogP contribution in [0.4, 0.5) is 5.69 Å². The van der Waals surface area contributed by atoms with Crippen LogP contribution in [-0.4, -0.2) is 23.4 Å². The van der Waals surface area contributed by atoms with Crippen molar-refractivity contribution < 1.29 is 23.9 Å². The molecule has 8 nitrogen and oxygen atoms in total. The smallest absolute Gasteiger partial charge is 0.363 e. The highest BCUT2D eigenvalue weighted by molar-refractivity contribution is 14.1. The Morgan fingerprint density at radius 2 is 1.89 bits per heavy atom. The molecule has 3 aromatic carbocycles. The lowest BCUT2D eigenvalue weighted by Crippen LogP contribution is -2.06. The number of aliphatic imine (C=N–C) groups is 1. The summed E-state index contributed by atoms with van der Waals surface area (Å²) in [7, 11) is 0. The molecule has 0 saturated carbocycles. The molecule has 0 aromatic heterocycles. The molecule has 35 heavy (non-hydrogen) atoms. The van der Waals surface area contributed by atoms with E-state index in [9.17, 15) is 14.9 Å². The molecule has 4 rings (SSSR count). The molecule has 0 saturated heterocycles. The minimum absolute atomic E-state index is 0.0120. The normalized spacial score (nSPS) is 14.0. The van der Waals surface area contributed by atoms with Crippen LogP contribution in [0.15, 0.2) is 71.4 Å². The fraction of sp³-hybridized carbons (Fsp3) is 0.154. The largest absolute Gasteiger partial charge is 0.490 e. The maximum atomic E-state index is 12.5. The van der Waals surface area contributed by atoms with Crippen LogP contribution in [0.3, 0.4) is 0 Å². The van der Waals surface area contributed by atoms with Gasteiger partial charge in [0.2, 0.25) is 5.90 Å². The van der Waals surface area contributed by atoms with E-state index in [1.807, 2.05) is 43.3 Å². The average Bonchev–Trinajstić information content (AvgIpc) is 3.19. The highest BCUT2D eigenvalue weighted by Crippen LogP contribution is 2.36. The Hall–Kier alpha value is -3.73. The zero-order chi connectivity index (χ0) is 24.9. The fourth-order valence-electron chi connectivity index (χ4n) is 3.49. The summed E-state index contributed by atoms with van der Waals surface area (Å²) in [5, 5.41) is 11.1. The Bertz CT molecular complexity index is 1350. The molecule has 0 unspecified atom stereocenters. The number of esters is 1. The van der Waals surface area contributed by atoms with Crippen molar-refractivity contribution in [1.29, 1.82) is 0 Å². The number of aryl methyl sites for hydroxylation is 1. The molecule has 0 atom stereocenters. The van der Waals surface area contributed by atoms with Gasteiger partial charge in [0.15, 0.2) is 17.2 Å². The van der Waals surface area contributed by atoms with Gasteiger partial charge in [-0.05, 0) is 77.9 Å². The molecule has 3 aromatic rings. The van der Waals surface area contributed by atoms with Gasteiger partial charge in [-0.15, -0.1) is 0 Å². The van der Waals surface area contributed by atoms with E-state index in [0.29, 0.717) is 41.4 Å². The maximum Gasteiger partial charge on any atom is 0.363 e. The van der Waals surface area contributed by atoms with Crippen LogP contribution < -0.4 is 9.47 Å². The molecule has 0 aliphatic carbocycles. The highest BCUT2D eigenvalue weighted by atomic mass is 127. The monoisotopic (exact) mass is 584 g/mol. The second-order valence-corrected chi connectivity index (χ2v) is 8.79. The Labute approximate surface area is 215 Å². The van der Waals surface area contributed by atoms with E-state index < -0.39 is 10.9 Å². The number of nitrogens with zero attached hydrogens (tertiary/aromatic N) is 2. The number of carbonyl (C=O) groups excluding carboxylic acids is 1. The maximum absolute atomic E-state index is 12.5. The summed E-state index contributed by atoms with van der Waals surface area (Å²) < 4.78 is 18.0. The van der Waals surface area contributed by atoms with Gasteiger partial charge in [0.25, 0.3) is 5.69 Å². The number of halogens is 1. The molecule has 0 radical (unpaired) electrons. The van der Waals surface area contributed by atoms with E-state index in [2.05, 4.69) is 27.6 Å². The summed E-state index contributed by atoms with van der Waals surface area (Å²) in [5.41, 5.74) is 2.77. The molecular formula is C26H21IN2O6. The number of carbonyl (C=O) groups is 1. The minimum Gasteiger partial charge on any atom is -0.490 e. The fourth-order valence-corrected chi connectivity index (χ4v) is 4.27. The van der Waals surface area contributed by atoms with Gasteiger partial charge < -0.3 is 14.2 Å². The summed E-state index contributed by atoms with van der Waals surface area (Å²) >= 11 is 2.17. The van der Waals surface area contributed by atoms with Crippen LogP contribution >= 0.6 is 22.6 Å². The summed E-state index contributed by atoms with van der Waals surface area (Å²) in [6.07, 6.45) is 1.61. The molecule has 1 aliphatic rings. The predicted molar refractivity (Wildman–Crippen MR) is 140 cm³/mol. The van der Waals surface area contributed by atoms with Gasteiger partial charge >= 0.3 is 5.97 Å². The zero-order valence-corrected chi connectivity index (χ0v) is 21.1. The van der Waals surface area contributed by atoms with Crippen molar-refractivity contribution in [3.8, 4) is 11.5 Å². The molecule has 9 heteroatoms. The first-order chi connectivity index (χ1) is 16.9.